The molecule has 0 fully saturated rings. The second-order valence-electron chi connectivity index (χ2n) is 4.98. The molecule has 3 nitrogen and oxygen atoms in total. The number of hydrogen-bond donors (Lipinski definition) is 1. The molecule has 0 amide bonds. The molecule has 0 spiro atoms. The summed E-state index contributed by atoms with van der Waals surface area (Å²) in [5, 5.41) is 3.37. The second kappa shape index (κ2) is 5.83. The molecule has 2 aromatic heterocycles. The standard InChI is InChI=1S/C15H21N3/c1-12(2)15(16-3)14-6-9-18(11-14)10-13-4-7-17-8-5-13/h4-9,11-12,15-16H,10H2,1-3H3. The van der Waals surface area contributed by atoms with E-state index in [1.165, 1.54) is 11.1 Å². The lowest BCUT2D eigenvalue weighted by molar-refractivity contribution is 0.443. The predicted octanol–water partition coefficient (Wildman–Crippen LogP) is 2.85. The summed E-state index contributed by atoms with van der Waals surface area (Å²) in [4.78, 5) is 4.04. The number of nitrogens with zero attached hydrogens (tertiary/aromatic N) is 2. The van der Waals surface area contributed by atoms with Crippen LogP contribution in [0.4, 0.5) is 0 Å². The third-order valence-electron chi connectivity index (χ3n) is 3.22. The van der Waals surface area contributed by atoms with Gasteiger partial charge in [-0.15, -0.1) is 0 Å². The molecule has 1 N–H and O–H groups in total. The number of pyridine rings is 1. The lowest BCUT2D eigenvalue weighted by atomic mass is 9.99. The third-order valence-corrected chi connectivity index (χ3v) is 3.22. The number of aromatic nitrogens is 2. The van der Waals surface area contributed by atoms with Crippen molar-refractivity contribution >= 4 is 0 Å². The molecule has 0 bridgehead atoms. The molecule has 0 saturated carbocycles. The second-order valence-corrected chi connectivity index (χ2v) is 4.98. The molecule has 1 atom stereocenters. The van der Waals surface area contributed by atoms with Crippen molar-refractivity contribution in [2.24, 2.45) is 5.92 Å². The summed E-state index contributed by atoms with van der Waals surface area (Å²) in [5.74, 6) is 0.590. The Labute approximate surface area is 109 Å². The van der Waals surface area contributed by atoms with Crippen molar-refractivity contribution in [3.8, 4) is 0 Å². The van der Waals surface area contributed by atoms with Crippen LogP contribution in [0.5, 0.6) is 0 Å². The summed E-state index contributed by atoms with van der Waals surface area (Å²) >= 11 is 0. The highest BCUT2D eigenvalue weighted by molar-refractivity contribution is 5.18. The zero-order valence-corrected chi connectivity index (χ0v) is 11.3. The molecule has 2 heterocycles. The van der Waals surface area contributed by atoms with Gasteiger partial charge in [0.25, 0.3) is 0 Å². The maximum Gasteiger partial charge on any atom is 0.0471 e. The van der Waals surface area contributed by atoms with Crippen LogP contribution in [0.2, 0.25) is 0 Å². The van der Waals surface area contributed by atoms with Crippen molar-refractivity contribution in [3.05, 3.63) is 54.1 Å². The molecule has 3 heteroatoms. The molecule has 0 radical (unpaired) electrons. The summed E-state index contributed by atoms with van der Waals surface area (Å²) in [6.07, 6.45) is 8.04. The molecule has 2 aromatic rings. The summed E-state index contributed by atoms with van der Waals surface area (Å²) < 4.78 is 2.22. The van der Waals surface area contributed by atoms with Crippen LogP contribution >= 0.6 is 0 Å². The Kier molecular flexibility index (Phi) is 4.15. The van der Waals surface area contributed by atoms with Crippen molar-refractivity contribution in [3.63, 3.8) is 0 Å². The first kappa shape index (κ1) is 12.8. The third kappa shape index (κ3) is 2.99. The van der Waals surface area contributed by atoms with E-state index < -0.39 is 0 Å². The van der Waals surface area contributed by atoms with Crippen LogP contribution in [0.25, 0.3) is 0 Å². The minimum absolute atomic E-state index is 0.420. The van der Waals surface area contributed by atoms with Gasteiger partial charge in [0, 0.05) is 37.4 Å². The molecule has 1 unspecified atom stereocenters. The minimum atomic E-state index is 0.420. The molecule has 0 saturated heterocycles. The maximum atomic E-state index is 4.04. The lowest BCUT2D eigenvalue weighted by Crippen LogP contribution is -2.21. The van der Waals surface area contributed by atoms with Crippen molar-refractivity contribution < 1.29 is 0 Å². The van der Waals surface area contributed by atoms with Crippen molar-refractivity contribution in [1.29, 1.82) is 0 Å². The fourth-order valence-electron chi connectivity index (χ4n) is 2.33. The normalized spacial score (nSPS) is 12.9. The Morgan fingerprint density at radius 1 is 1.22 bits per heavy atom. The SMILES string of the molecule is CNC(c1ccn(Cc2ccncc2)c1)C(C)C. The lowest BCUT2D eigenvalue weighted by Gasteiger charge is -2.18. The van der Waals surface area contributed by atoms with Crippen molar-refractivity contribution in [2.75, 3.05) is 7.05 Å². The average Bonchev–Trinajstić information content (AvgIpc) is 2.79. The van der Waals surface area contributed by atoms with Gasteiger partial charge in [0.1, 0.15) is 0 Å². The van der Waals surface area contributed by atoms with Gasteiger partial charge < -0.3 is 9.88 Å². The van der Waals surface area contributed by atoms with Gasteiger partial charge in [-0.05, 0) is 42.3 Å². The van der Waals surface area contributed by atoms with E-state index >= 15 is 0 Å². The van der Waals surface area contributed by atoms with Gasteiger partial charge in [-0.2, -0.15) is 0 Å². The fraction of sp³-hybridized carbons (Fsp3) is 0.400. The number of hydrogen-bond acceptors (Lipinski definition) is 2. The first-order valence-corrected chi connectivity index (χ1v) is 6.42. The van der Waals surface area contributed by atoms with Crippen LogP contribution in [-0.4, -0.2) is 16.6 Å². The van der Waals surface area contributed by atoms with Crippen LogP contribution < -0.4 is 5.32 Å². The Balaban J connectivity index is 2.11. The Morgan fingerprint density at radius 3 is 2.56 bits per heavy atom. The van der Waals surface area contributed by atoms with E-state index in [1.807, 2.05) is 19.4 Å². The van der Waals surface area contributed by atoms with E-state index in [2.05, 4.69) is 59.3 Å². The van der Waals surface area contributed by atoms with Crippen molar-refractivity contribution in [1.82, 2.24) is 14.9 Å². The summed E-state index contributed by atoms with van der Waals surface area (Å²) in [6.45, 7) is 5.37. The quantitative estimate of drug-likeness (QED) is 0.875. The molecule has 0 aliphatic carbocycles. The van der Waals surface area contributed by atoms with Crippen LogP contribution in [0.3, 0.4) is 0 Å². The predicted molar refractivity (Wildman–Crippen MR) is 74.4 cm³/mol. The van der Waals surface area contributed by atoms with Gasteiger partial charge in [0.15, 0.2) is 0 Å². The van der Waals surface area contributed by atoms with Crippen LogP contribution in [0.1, 0.15) is 31.0 Å². The molecule has 18 heavy (non-hydrogen) atoms. The fourth-order valence-corrected chi connectivity index (χ4v) is 2.33. The first-order chi connectivity index (χ1) is 8.70. The highest BCUT2D eigenvalue weighted by atomic mass is 15.0. The number of rotatable bonds is 5. The summed E-state index contributed by atoms with van der Waals surface area (Å²) in [5.41, 5.74) is 2.62. The molecular formula is C15H21N3. The first-order valence-electron chi connectivity index (χ1n) is 6.42. The average molecular weight is 243 g/mol. The Morgan fingerprint density at radius 2 is 1.94 bits per heavy atom. The summed E-state index contributed by atoms with van der Waals surface area (Å²) in [6, 6.07) is 6.72. The van der Waals surface area contributed by atoms with E-state index in [1.54, 1.807) is 0 Å². The Hall–Kier alpha value is -1.61. The maximum absolute atomic E-state index is 4.04. The zero-order valence-electron chi connectivity index (χ0n) is 11.3. The molecule has 0 aliphatic rings. The molecule has 2 rings (SSSR count). The topological polar surface area (TPSA) is 29.9 Å². The van der Waals surface area contributed by atoms with Gasteiger partial charge in [-0.3, -0.25) is 4.98 Å². The van der Waals surface area contributed by atoms with Gasteiger partial charge in [0.2, 0.25) is 0 Å². The highest BCUT2D eigenvalue weighted by Gasteiger charge is 2.14. The van der Waals surface area contributed by atoms with Crippen molar-refractivity contribution in [2.45, 2.75) is 26.4 Å². The largest absolute Gasteiger partial charge is 0.350 e. The minimum Gasteiger partial charge on any atom is -0.350 e. The van der Waals surface area contributed by atoms with E-state index in [0.717, 1.165) is 6.54 Å². The highest BCUT2D eigenvalue weighted by Crippen LogP contribution is 2.21. The van der Waals surface area contributed by atoms with E-state index in [-0.39, 0.29) is 0 Å². The number of nitrogens with one attached hydrogen (secondary N) is 1. The summed E-state index contributed by atoms with van der Waals surface area (Å²) in [7, 11) is 2.02. The molecule has 0 aliphatic heterocycles. The molecule has 0 aromatic carbocycles. The van der Waals surface area contributed by atoms with E-state index in [0.29, 0.717) is 12.0 Å². The Bertz CT molecular complexity index is 473. The zero-order chi connectivity index (χ0) is 13.0. The molecular weight excluding hydrogens is 222 g/mol. The van der Waals surface area contributed by atoms with Crippen LogP contribution in [0, 0.1) is 5.92 Å². The smallest absolute Gasteiger partial charge is 0.0471 e. The van der Waals surface area contributed by atoms with Crippen LogP contribution in [-0.2, 0) is 6.54 Å². The molecule has 96 valence electrons. The van der Waals surface area contributed by atoms with E-state index in [9.17, 15) is 0 Å². The monoisotopic (exact) mass is 243 g/mol. The van der Waals surface area contributed by atoms with Gasteiger partial charge in [-0.1, -0.05) is 13.8 Å². The van der Waals surface area contributed by atoms with Crippen LogP contribution in [0.15, 0.2) is 43.0 Å². The van der Waals surface area contributed by atoms with E-state index in [4.69, 9.17) is 0 Å². The van der Waals surface area contributed by atoms with Gasteiger partial charge >= 0.3 is 0 Å². The van der Waals surface area contributed by atoms with Gasteiger partial charge in [0.05, 0.1) is 0 Å². The van der Waals surface area contributed by atoms with Gasteiger partial charge in [-0.25, -0.2) is 0 Å².